The Morgan fingerprint density at radius 1 is 0.628 bits per heavy atom. The van der Waals surface area contributed by atoms with Crippen LogP contribution >= 0.6 is 24.1 Å². The molecule has 43 heavy (non-hydrogen) atoms. The minimum absolute atomic E-state index is 0.0833. The SMILES string of the molecule is CCOC(=O)c1c(SOSc2cccc(-c3ccc([N+](=O)[O-])cc3)c2C(=O)OCC)cccc1-c1ccc([N+](=O)[O-])cc1. The molecule has 0 radical (unpaired) electrons. The van der Waals surface area contributed by atoms with Crippen LogP contribution in [0.15, 0.2) is 94.7 Å². The summed E-state index contributed by atoms with van der Waals surface area (Å²) in [6.45, 7) is 3.62. The highest BCUT2D eigenvalue weighted by Crippen LogP contribution is 2.40. The Balaban J connectivity index is 1.66. The molecule has 220 valence electrons. The van der Waals surface area contributed by atoms with Crippen LogP contribution < -0.4 is 0 Å². The third-order valence-corrected chi connectivity index (χ3v) is 7.62. The third-order valence-electron chi connectivity index (χ3n) is 6.04. The van der Waals surface area contributed by atoms with Crippen molar-refractivity contribution in [1.29, 1.82) is 0 Å². The second-order valence-electron chi connectivity index (χ2n) is 8.64. The molecule has 4 aromatic rings. The van der Waals surface area contributed by atoms with Crippen molar-refractivity contribution in [1.82, 2.24) is 0 Å². The van der Waals surface area contributed by atoms with Crippen LogP contribution in [0.5, 0.6) is 0 Å². The van der Waals surface area contributed by atoms with Crippen molar-refractivity contribution in [2.75, 3.05) is 13.2 Å². The van der Waals surface area contributed by atoms with Gasteiger partial charge in [0.25, 0.3) is 11.4 Å². The Kier molecular flexibility index (Phi) is 10.5. The monoisotopic (exact) mass is 620 g/mol. The van der Waals surface area contributed by atoms with Gasteiger partial charge in [0.2, 0.25) is 0 Å². The Labute approximate surface area is 254 Å². The number of carbonyl (C=O) groups is 2. The zero-order valence-electron chi connectivity index (χ0n) is 22.9. The van der Waals surface area contributed by atoms with Crippen LogP contribution in [-0.2, 0) is 13.1 Å². The molecule has 0 unspecified atom stereocenters. The van der Waals surface area contributed by atoms with E-state index in [2.05, 4.69) is 0 Å². The van der Waals surface area contributed by atoms with Gasteiger partial charge >= 0.3 is 11.9 Å². The second-order valence-corrected chi connectivity index (χ2v) is 10.4. The van der Waals surface area contributed by atoms with Crippen molar-refractivity contribution in [3.05, 3.63) is 116 Å². The van der Waals surface area contributed by atoms with Gasteiger partial charge in [0.05, 0.1) is 44.0 Å². The van der Waals surface area contributed by atoms with E-state index in [1.165, 1.54) is 24.3 Å². The first-order valence-electron chi connectivity index (χ1n) is 12.9. The molecule has 0 saturated carbocycles. The lowest BCUT2D eigenvalue weighted by atomic mass is 9.99. The van der Waals surface area contributed by atoms with Gasteiger partial charge in [-0.1, -0.05) is 24.3 Å². The summed E-state index contributed by atoms with van der Waals surface area (Å²) in [7, 11) is 0. The number of nitrogens with zero attached hydrogens (tertiary/aromatic N) is 2. The Morgan fingerprint density at radius 2 is 1.00 bits per heavy atom. The van der Waals surface area contributed by atoms with Crippen LogP contribution in [0.2, 0.25) is 0 Å². The molecule has 0 fully saturated rings. The predicted molar refractivity (Wildman–Crippen MR) is 162 cm³/mol. The summed E-state index contributed by atoms with van der Waals surface area (Å²) in [5, 5.41) is 22.2. The number of nitro benzene ring substituents is 2. The molecule has 4 aromatic carbocycles. The number of hydrogen-bond donors (Lipinski definition) is 0. The third kappa shape index (κ3) is 7.38. The van der Waals surface area contributed by atoms with E-state index in [-0.39, 0.29) is 35.7 Å². The van der Waals surface area contributed by atoms with Gasteiger partial charge in [-0.05, 0) is 72.5 Å². The van der Waals surface area contributed by atoms with Gasteiger partial charge in [0, 0.05) is 48.4 Å². The minimum atomic E-state index is -0.597. The topological polar surface area (TPSA) is 148 Å². The summed E-state index contributed by atoms with van der Waals surface area (Å²) in [5.74, 6) is -1.19. The van der Waals surface area contributed by atoms with Gasteiger partial charge in [-0.3, -0.25) is 20.2 Å². The molecule has 0 aromatic heterocycles. The van der Waals surface area contributed by atoms with Crippen molar-refractivity contribution in [2.24, 2.45) is 0 Å². The van der Waals surface area contributed by atoms with Crippen LogP contribution in [0.4, 0.5) is 11.4 Å². The number of ether oxygens (including phenoxy) is 2. The van der Waals surface area contributed by atoms with E-state index >= 15 is 0 Å². The van der Waals surface area contributed by atoms with Crippen molar-refractivity contribution >= 4 is 47.4 Å². The molecular weight excluding hydrogens is 596 g/mol. The quantitative estimate of drug-likeness (QED) is 0.0658. The number of non-ortho nitro benzene ring substituents is 2. The van der Waals surface area contributed by atoms with Crippen LogP contribution in [0, 0.1) is 20.2 Å². The Hall–Kier alpha value is -4.72. The average molecular weight is 621 g/mol. The largest absolute Gasteiger partial charge is 0.462 e. The Morgan fingerprint density at radius 3 is 1.33 bits per heavy atom. The number of esters is 2. The molecule has 0 amide bonds. The molecule has 0 N–H and O–H groups in total. The van der Waals surface area contributed by atoms with Crippen molar-refractivity contribution in [2.45, 2.75) is 23.6 Å². The molecule has 0 heterocycles. The highest BCUT2D eigenvalue weighted by atomic mass is 32.2. The van der Waals surface area contributed by atoms with Crippen LogP contribution in [0.1, 0.15) is 34.6 Å². The lowest BCUT2D eigenvalue weighted by Crippen LogP contribution is -2.09. The normalized spacial score (nSPS) is 10.7. The fourth-order valence-corrected chi connectivity index (χ4v) is 5.67. The predicted octanol–water partition coefficient (Wildman–Crippen LogP) is 7.92. The van der Waals surface area contributed by atoms with Crippen molar-refractivity contribution in [3.63, 3.8) is 0 Å². The maximum Gasteiger partial charge on any atom is 0.339 e. The molecule has 13 heteroatoms. The van der Waals surface area contributed by atoms with Crippen molar-refractivity contribution < 1.29 is 32.5 Å². The molecule has 4 rings (SSSR count). The molecule has 0 atom stereocenters. The van der Waals surface area contributed by atoms with E-state index in [1.807, 2.05) is 0 Å². The van der Waals surface area contributed by atoms with E-state index in [9.17, 15) is 29.8 Å². The molecule has 0 bridgehead atoms. The smallest absolute Gasteiger partial charge is 0.339 e. The van der Waals surface area contributed by atoms with E-state index < -0.39 is 21.8 Å². The molecule has 11 nitrogen and oxygen atoms in total. The maximum atomic E-state index is 13.0. The van der Waals surface area contributed by atoms with Crippen LogP contribution in [0.25, 0.3) is 22.3 Å². The fourth-order valence-electron chi connectivity index (χ4n) is 4.13. The maximum absolute atomic E-state index is 13.0. The molecule has 0 spiro atoms. The summed E-state index contributed by atoms with van der Waals surface area (Å²) in [5.41, 5.74) is 2.41. The number of benzene rings is 4. The minimum Gasteiger partial charge on any atom is -0.462 e. The zero-order valence-corrected chi connectivity index (χ0v) is 24.5. The molecule has 0 aliphatic rings. The first-order valence-corrected chi connectivity index (χ1v) is 14.3. The van der Waals surface area contributed by atoms with Gasteiger partial charge < -0.3 is 9.47 Å². The van der Waals surface area contributed by atoms with Gasteiger partial charge in [-0.15, -0.1) is 0 Å². The number of nitro groups is 2. The fraction of sp³-hybridized carbons (Fsp3) is 0.133. The first-order chi connectivity index (χ1) is 20.7. The standard InChI is InChI=1S/C30H24N2O9S2/c1-3-39-29(33)27-23(19-11-15-21(16-12-19)31(35)36)7-5-9-25(27)42-41-43-26-10-6-8-24(28(26)30(34)40-4-2)20-13-17-22(18-14-20)32(37)38/h5-18H,3-4H2,1-2H3. The van der Waals surface area contributed by atoms with Crippen LogP contribution in [0.3, 0.4) is 0 Å². The molecule has 0 aliphatic heterocycles. The number of rotatable bonds is 12. The van der Waals surface area contributed by atoms with Gasteiger partial charge in [0.1, 0.15) is 0 Å². The second kappa shape index (κ2) is 14.4. The van der Waals surface area contributed by atoms with Gasteiger partial charge in [-0.2, -0.15) is 0 Å². The summed E-state index contributed by atoms with van der Waals surface area (Å²) in [6.07, 6.45) is 0. The molecule has 0 saturated heterocycles. The van der Waals surface area contributed by atoms with E-state index in [0.717, 1.165) is 24.1 Å². The highest BCUT2D eigenvalue weighted by molar-refractivity contribution is 8.08. The molecular formula is C30H24N2O9S2. The zero-order chi connectivity index (χ0) is 30.9. The van der Waals surface area contributed by atoms with E-state index in [4.69, 9.17) is 13.1 Å². The lowest BCUT2D eigenvalue weighted by molar-refractivity contribution is -0.385. The summed E-state index contributed by atoms with van der Waals surface area (Å²) < 4.78 is 16.5. The Bertz CT molecular complexity index is 1540. The summed E-state index contributed by atoms with van der Waals surface area (Å²) in [4.78, 5) is 48.1. The average Bonchev–Trinajstić information content (AvgIpc) is 3.01. The van der Waals surface area contributed by atoms with Gasteiger partial charge in [0.15, 0.2) is 0 Å². The number of hydrogen-bond acceptors (Lipinski definition) is 11. The number of carbonyl (C=O) groups excluding carboxylic acids is 2. The van der Waals surface area contributed by atoms with Gasteiger partial charge in [-0.25, -0.2) is 13.2 Å². The van der Waals surface area contributed by atoms with Crippen LogP contribution in [-0.4, -0.2) is 35.0 Å². The van der Waals surface area contributed by atoms with E-state index in [0.29, 0.717) is 32.0 Å². The first kappa shape index (κ1) is 31.2. The lowest BCUT2D eigenvalue weighted by Gasteiger charge is -2.15. The highest BCUT2D eigenvalue weighted by Gasteiger charge is 2.23. The summed E-state index contributed by atoms with van der Waals surface area (Å²) in [6, 6.07) is 21.8. The summed E-state index contributed by atoms with van der Waals surface area (Å²) >= 11 is 1.76. The van der Waals surface area contributed by atoms with E-state index in [1.54, 1.807) is 74.5 Å². The molecule has 0 aliphatic carbocycles. The van der Waals surface area contributed by atoms with Crippen molar-refractivity contribution in [3.8, 4) is 22.3 Å².